The van der Waals surface area contributed by atoms with Crippen LogP contribution in [-0.4, -0.2) is 47.4 Å². The van der Waals surface area contributed by atoms with Crippen molar-refractivity contribution in [1.82, 2.24) is 20.1 Å². The second-order valence-corrected chi connectivity index (χ2v) is 6.73. The summed E-state index contributed by atoms with van der Waals surface area (Å²) in [6.45, 7) is 3.35. The van der Waals surface area contributed by atoms with E-state index in [-0.39, 0.29) is 0 Å². The number of ether oxygens (including phenoxy) is 2. The average molecular weight is 364 g/mol. The molecule has 0 unspecified atom stereocenters. The minimum atomic E-state index is 0.644. The highest BCUT2D eigenvalue weighted by atomic mass is 16.5. The van der Waals surface area contributed by atoms with Crippen molar-refractivity contribution in [1.29, 1.82) is 0 Å². The monoisotopic (exact) mass is 364 g/mol. The average Bonchev–Trinajstić information content (AvgIpc) is 3.39. The van der Waals surface area contributed by atoms with Gasteiger partial charge in [-0.15, -0.1) is 0 Å². The number of hydrogen-bond acceptors (Lipinski definition) is 5. The Morgan fingerprint density at radius 1 is 1.04 bits per heavy atom. The quantitative estimate of drug-likeness (QED) is 0.722. The molecule has 140 valence electrons. The SMILES string of the molecule is COc1cccc(-c2nc(-c3cccc(CN4CCCC4)c3)n[nH]2)c1OC. The summed E-state index contributed by atoms with van der Waals surface area (Å²) in [4.78, 5) is 7.18. The number of para-hydroxylation sites is 1. The molecule has 0 spiro atoms. The van der Waals surface area contributed by atoms with E-state index in [1.165, 1.54) is 31.5 Å². The predicted molar refractivity (Wildman–Crippen MR) is 105 cm³/mol. The standard InChI is InChI=1S/C21H24N4O2/c1-26-18-10-6-9-17(19(18)27-2)21-22-20(23-24-21)16-8-5-7-15(13-16)14-25-11-3-4-12-25/h5-10,13H,3-4,11-12,14H2,1-2H3,(H,22,23,24). The van der Waals surface area contributed by atoms with E-state index in [0.717, 1.165) is 17.7 Å². The van der Waals surface area contributed by atoms with Crippen LogP contribution >= 0.6 is 0 Å². The number of nitrogens with one attached hydrogen (secondary N) is 1. The zero-order valence-electron chi connectivity index (χ0n) is 15.7. The molecular weight excluding hydrogens is 340 g/mol. The molecule has 1 aliphatic rings. The van der Waals surface area contributed by atoms with Crippen LogP contribution in [0.4, 0.5) is 0 Å². The molecule has 1 N–H and O–H groups in total. The van der Waals surface area contributed by atoms with Gasteiger partial charge < -0.3 is 9.47 Å². The van der Waals surface area contributed by atoms with E-state index in [4.69, 9.17) is 14.5 Å². The van der Waals surface area contributed by atoms with Crippen LogP contribution in [0.25, 0.3) is 22.8 Å². The van der Waals surface area contributed by atoms with Gasteiger partial charge in [0.15, 0.2) is 23.1 Å². The molecule has 6 nitrogen and oxygen atoms in total. The number of aromatic nitrogens is 3. The molecule has 2 aromatic carbocycles. The molecule has 1 aromatic heterocycles. The number of aromatic amines is 1. The van der Waals surface area contributed by atoms with Gasteiger partial charge in [-0.2, -0.15) is 5.10 Å². The van der Waals surface area contributed by atoms with Crippen LogP contribution in [0.3, 0.4) is 0 Å². The third-order valence-electron chi connectivity index (χ3n) is 4.93. The minimum absolute atomic E-state index is 0.644. The van der Waals surface area contributed by atoms with Crippen LogP contribution in [0.1, 0.15) is 18.4 Å². The molecule has 1 fully saturated rings. The molecule has 0 aliphatic carbocycles. The molecule has 0 amide bonds. The topological polar surface area (TPSA) is 63.3 Å². The van der Waals surface area contributed by atoms with E-state index < -0.39 is 0 Å². The van der Waals surface area contributed by atoms with Gasteiger partial charge in [-0.05, 0) is 49.7 Å². The van der Waals surface area contributed by atoms with Crippen molar-refractivity contribution >= 4 is 0 Å². The van der Waals surface area contributed by atoms with Gasteiger partial charge in [-0.25, -0.2) is 4.98 Å². The van der Waals surface area contributed by atoms with Gasteiger partial charge in [-0.3, -0.25) is 10.00 Å². The van der Waals surface area contributed by atoms with Gasteiger partial charge in [-0.1, -0.05) is 24.3 Å². The summed E-state index contributed by atoms with van der Waals surface area (Å²) < 4.78 is 10.9. The molecule has 0 radical (unpaired) electrons. The van der Waals surface area contributed by atoms with E-state index >= 15 is 0 Å². The first-order chi connectivity index (χ1) is 13.3. The zero-order valence-corrected chi connectivity index (χ0v) is 15.7. The molecule has 1 aliphatic heterocycles. The molecule has 1 saturated heterocycles. The van der Waals surface area contributed by atoms with Crippen molar-refractivity contribution in [3.05, 3.63) is 48.0 Å². The smallest absolute Gasteiger partial charge is 0.181 e. The van der Waals surface area contributed by atoms with Gasteiger partial charge in [0.05, 0.1) is 19.8 Å². The third kappa shape index (κ3) is 3.66. The van der Waals surface area contributed by atoms with Crippen LogP contribution in [0, 0.1) is 0 Å². The number of rotatable bonds is 6. The Balaban J connectivity index is 1.61. The Kier molecular flexibility index (Phi) is 5.07. The lowest BCUT2D eigenvalue weighted by Crippen LogP contribution is -2.18. The highest BCUT2D eigenvalue weighted by molar-refractivity contribution is 5.70. The molecule has 0 bridgehead atoms. The van der Waals surface area contributed by atoms with Gasteiger partial charge in [0.1, 0.15) is 0 Å². The van der Waals surface area contributed by atoms with E-state index in [2.05, 4.69) is 33.3 Å². The Hall–Kier alpha value is -2.86. The summed E-state index contributed by atoms with van der Waals surface area (Å²) in [5, 5.41) is 7.45. The summed E-state index contributed by atoms with van der Waals surface area (Å²) >= 11 is 0. The Morgan fingerprint density at radius 3 is 2.63 bits per heavy atom. The summed E-state index contributed by atoms with van der Waals surface area (Å²) in [6, 6.07) is 14.2. The molecule has 2 heterocycles. The number of hydrogen-bond donors (Lipinski definition) is 1. The van der Waals surface area contributed by atoms with Gasteiger partial charge >= 0.3 is 0 Å². The van der Waals surface area contributed by atoms with E-state index in [0.29, 0.717) is 23.1 Å². The molecule has 3 aromatic rings. The second kappa shape index (κ2) is 7.80. The van der Waals surface area contributed by atoms with Crippen molar-refractivity contribution in [2.24, 2.45) is 0 Å². The summed E-state index contributed by atoms with van der Waals surface area (Å²) in [6.07, 6.45) is 2.60. The summed E-state index contributed by atoms with van der Waals surface area (Å²) in [5.41, 5.74) is 3.12. The number of H-pyrrole nitrogens is 1. The Bertz CT molecular complexity index is 916. The van der Waals surface area contributed by atoms with Crippen molar-refractivity contribution < 1.29 is 9.47 Å². The molecule has 0 atom stereocenters. The minimum Gasteiger partial charge on any atom is -0.493 e. The van der Waals surface area contributed by atoms with Gasteiger partial charge in [0.2, 0.25) is 0 Å². The molecule has 6 heteroatoms. The lowest BCUT2D eigenvalue weighted by atomic mass is 10.1. The second-order valence-electron chi connectivity index (χ2n) is 6.73. The maximum Gasteiger partial charge on any atom is 0.181 e. The highest BCUT2D eigenvalue weighted by Crippen LogP contribution is 2.36. The van der Waals surface area contributed by atoms with E-state index in [1.807, 2.05) is 24.3 Å². The van der Waals surface area contributed by atoms with Crippen LogP contribution in [0.15, 0.2) is 42.5 Å². The van der Waals surface area contributed by atoms with E-state index in [1.54, 1.807) is 14.2 Å². The zero-order chi connectivity index (χ0) is 18.6. The first-order valence-corrected chi connectivity index (χ1v) is 9.24. The first kappa shape index (κ1) is 17.5. The van der Waals surface area contributed by atoms with E-state index in [9.17, 15) is 0 Å². The number of benzene rings is 2. The Morgan fingerprint density at radius 2 is 1.85 bits per heavy atom. The largest absolute Gasteiger partial charge is 0.493 e. The highest BCUT2D eigenvalue weighted by Gasteiger charge is 2.16. The number of nitrogens with zero attached hydrogens (tertiary/aromatic N) is 3. The maximum atomic E-state index is 5.51. The van der Waals surface area contributed by atoms with Gasteiger partial charge in [0.25, 0.3) is 0 Å². The number of methoxy groups -OCH3 is 2. The normalized spacial score (nSPS) is 14.4. The molecule has 27 heavy (non-hydrogen) atoms. The fraction of sp³-hybridized carbons (Fsp3) is 0.333. The van der Waals surface area contributed by atoms with Gasteiger partial charge in [0, 0.05) is 12.1 Å². The van der Waals surface area contributed by atoms with Crippen molar-refractivity contribution in [2.45, 2.75) is 19.4 Å². The van der Waals surface area contributed by atoms with Crippen molar-refractivity contribution in [2.75, 3.05) is 27.3 Å². The lowest BCUT2D eigenvalue weighted by molar-refractivity contribution is 0.331. The van der Waals surface area contributed by atoms with Crippen LogP contribution in [0.2, 0.25) is 0 Å². The first-order valence-electron chi connectivity index (χ1n) is 9.24. The summed E-state index contributed by atoms with van der Waals surface area (Å²) in [7, 11) is 3.25. The fourth-order valence-electron chi connectivity index (χ4n) is 3.59. The molecule has 4 rings (SSSR count). The third-order valence-corrected chi connectivity index (χ3v) is 4.93. The van der Waals surface area contributed by atoms with Crippen molar-refractivity contribution in [3.8, 4) is 34.3 Å². The lowest BCUT2D eigenvalue weighted by Gasteiger charge is -2.14. The number of likely N-dealkylation sites (tertiary alicyclic amines) is 1. The molecule has 0 saturated carbocycles. The molecular formula is C21H24N4O2. The fourth-order valence-corrected chi connectivity index (χ4v) is 3.59. The van der Waals surface area contributed by atoms with Crippen LogP contribution in [-0.2, 0) is 6.54 Å². The van der Waals surface area contributed by atoms with Crippen molar-refractivity contribution in [3.63, 3.8) is 0 Å². The maximum absolute atomic E-state index is 5.51. The predicted octanol–water partition coefficient (Wildman–Crippen LogP) is 3.75. The van der Waals surface area contributed by atoms with Crippen LogP contribution in [0.5, 0.6) is 11.5 Å². The van der Waals surface area contributed by atoms with Crippen LogP contribution < -0.4 is 9.47 Å². The Labute approximate surface area is 159 Å². The summed E-state index contributed by atoms with van der Waals surface area (Å²) in [5.74, 6) is 2.65.